The SMILES string of the molecule is CCOC(=O)C12CCCC=C1N(Nc1ccccc1)C(=O)[C@H]2CC(=O)N1CCOCC1. The summed E-state index contributed by atoms with van der Waals surface area (Å²) < 4.78 is 10.8. The molecule has 3 aliphatic rings. The molecule has 2 heterocycles. The van der Waals surface area contributed by atoms with Gasteiger partial charge in [-0.25, -0.2) is 5.01 Å². The highest BCUT2D eigenvalue weighted by Gasteiger charge is 2.62. The van der Waals surface area contributed by atoms with Gasteiger partial charge in [-0.1, -0.05) is 24.3 Å². The lowest BCUT2D eigenvalue weighted by molar-refractivity contribution is -0.159. The van der Waals surface area contributed by atoms with Gasteiger partial charge in [0, 0.05) is 19.5 Å². The number of hydrogen-bond acceptors (Lipinski definition) is 6. The average Bonchev–Trinajstić information content (AvgIpc) is 3.04. The molecule has 1 aliphatic carbocycles. The molecule has 2 atom stereocenters. The first-order valence-corrected chi connectivity index (χ1v) is 11.0. The fourth-order valence-corrected chi connectivity index (χ4v) is 4.80. The highest BCUT2D eigenvalue weighted by Crippen LogP contribution is 2.53. The molecule has 1 N–H and O–H groups in total. The number of hydrazine groups is 1. The first-order valence-electron chi connectivity index (χ1n) is 11.0. The van der Waals surface area contributed by atoms with Crippen LogP contribution in [0.5, 0.6) is 0 Å². The number of hydrogen-bond donors (Lipinski definition) is 1. The Morgan fingerprint density at radius 3 is 2.68 bits per heavy atom. The van der Waals surface area contributed by atoms with E-state index >= 15 is 0 Å². The summed E-state index contributed by atoms with van der Waals surface area (Å²) in [6, 6.07) is 9.35. The number of morpholine rings is 1. The van der Waals surface area contributed by atoms with Crippen molar-refractivity contribution < 1.29 is 23.9 Å². The fourth-order valence-electron chi connectivity index (χ4n) is 4.80. The third-order valence-corrected chi connectivity index (χ3v) is 6.32. The van der Waals surface area contributed by atoms with Crippen LogP contribution >= 0.6 is 0 Å². The largest absolute Gasteiger partial charge is 0.465 e. The van der Waals surface area contributed by atoms with Crippen molar-refractivity contribution in [2.75, 3.05) is 38.3 Å². The van der Waals surface area contributed by atoms with Crippen molar-refractivity contribution in [3.63, 3.8) is 0 Å². The molecular weight excluding hydrogens is 398 g/mol. The van der Waals surface area contributed by atoms with E-state index in [0.29, 0.717) is 38.4 Å². The van der Waals surface area contributed by atoms with Crippen molar-refractivity contribution in [3.8, 4) is 0 Å². The molecule has 0 saturated carbocycles. The average molecular weight is 428 g/mol. The Balaban J connectivity index is 1.68. The molecule has 8 heteroatoms. The lowest BCUT2D eigenvalue weighted by atomic mass is 9.68. The highest BCUT2D eigenvalue weighted by molar-refractivity contribution is 5.99. The van der Waals surface area contributed by atoms with E-state index in [1.165, 1.54) is 5.01 Å². The van der Waals surface area contributed by atoms with E-state index in [0.717, 1.165) is 18.5 Å². The lowest BCUT2D eigenvalue weighted by Crippen LogP contribution is -2.46. The van der Waals surface area contributed by atoms with Gasteiger partial charge in [0.05, 0.1) is 37.1 Å². The maximum atomic E-state index is 13.6. The third kappa shape index (κ3) is 3.92. The molecule has 31 heavy (non-hydrogen) atoms. The zero-order valence-corrected chi connectivity index (χ0v) is 17.8. The number of rotatable bonds is 6. The molecule has 1 aromatic rings. The molecule has 2 amide bonds. The van der Waals surface area contributed by atoms with E-state index in [4.69, 9.17) is 9.47 Å². The fraction of sp³-hybridized carbons (Fsp3) is 0.522. The predicted molar refractivity (Wildman–Crippen MR) is 113 cm³/mol. The van der Waals surface area contributed by atoms with E-state index < -0.39 is 17.3 Å². The summed E-state index contributed by atoms with van der Waals surface area (Å²) in [4.78, 5) is 41.7. The van der Waals surface area contributed by atoms with Gasteiger partial charge in [0.2, 0.25) is 5.91 Å². The van der Waals surface area contributed by atoms with Gasteiger partial charge >= 0.3 is 5.97 Å². The number of nitrogens with one attached hydrogen (secondary N) is 1. The van der Waals surface area contributed by atoms with Crippen molar-refractivity contribution >= 4 is 23.5 Å². The molecular formula is C23H29N3O5. The number of benzene rings is 1. The van der Waals surface area contributed by atoms with Crippen LogP contribution in [0.25, 0.3) is 0 Å². The van der Waals surface area contributed by atoms with Crippen molar-refractivity contribution in [2.24, 2.45) is 11.3 Å². The number of allylic oxidation sites excluding steroid dienone is 1. The quantitative estimate of drug-likeness (QED) is 0.701. The van der Waals surface area contributed by atoms with E-state index in [1.54, 1.807) is 11.8 Å². The number of amides is 2. The molecule has 8 nitrogen and oxygen atoms in total. The highest BCUT2D eigenvalue weighted by atomic mass is 16.5. The van der Waals surface area contributed by atoms with Crippen LogP contribution in [0.15, 0.2) is 42.1 Å². The molecule has 2 aliphatic heterocycles. The van der Waals surface area contributed by atoms with Crippen LogP contribution in [-0.4, -0.2) is 60.6 Å². The minimum absolute atomic E-state index is 0.0258. The van der Waals surface area contributed by atoms with Crippen molar-refractivity contribution in [1.29, 1.82) is 0 Å². The van der Waals surface area contributed by atoms with Gasteiger partial charge in [-0.15, -0.1) is 0 Å². The minimum Gasteiger partial charge on any atom is -0.465 e. The van der Waals surface area contributed by atoms with Crippen molar-refractivity contribution in [3.05, 3.63) is 42.1 Å². The maximum Gasteiger partial charge on any atom is 0.318 e. The number of anilines is 1. The lowest BCUT2D eigenvalue weighted by Gasteiger charge is -2.36. The maximum absolute atomic E-state index is 13.6. The number of para-hydroxylation sites is 1. The second-order valence-electron chi connectivity index (χ2n) is 8.07. The second-order valence-corrected chi connectivity index (χ2v) is 8.07. The molecule has 0 aromatic heterocycles. The Bertz CT molecular complexity index is 865. The van der Waals surface area contributed by atoms with Gasteiger partial charge in [-0.3, -0.25) is 19.8 Å². The molecule has 0 spiro atoms. The summed E-state index contributed by atoms with van der Waals surface area (Å²) in [7, 11) is 0. The molecule has 4 rings (SSSR count). The minimum atomic E-state index is -1.14. The van der Waals surface area contributed by atoms with E-state index in [2.05, 4.69) is 5.43 Å². The summed E-state index contributed by atoms with van der Waals surface area (Å²) in [5.74, 6) is -1.63. The van der Waals surface area contributed by atoms with Gasteiger partial charge in [0.25, 0.3) is 5.91 Å². The van der Waals surface area contributed by atoms with Crippen LogP contribution in [0.1, 0.15) is 32.6 Å². The molecule has 2 fully saturated rings. The second kappa shape index (κ2) is 9.09. The predicted octanol–water partition coefficient (Wildman–Crippen LogP) is 2.34. The first kappa shape index (κ1) is 21.4. The molecule has 0 bridgehead atoms. The number of ether oxygens (including phenoxy) is 2. The van der Waals surface area contributed by atoms with Crippen molar-refractivity contribution in [1.82, 2.24) is 9.91 Å². The van der Waals surface area contributed by atoms with Gasteiger partial charge in [-0.05, 0) is 38.3 Å². The topological polar surface area (TPSA) is 88.2 Å². The Labute approximate surface area is 182 Å². The Morgan fingerprint density at radius 2 is 1.97 bits per heavy atom. The number of fused-ring (bicyclic) bond motifs is 1. The van der Waals surface area contributed by atoms with Crippen LogP contribution in [0, 0.1) is 11.3 Å². The van der Waals surface area contributed by atoms with Crippen LogP contribution in [0.4, 0.5) is 5.69 Å². The van der Waals surface area contributed by atoms with Crippen LogP contribution in [0.2, 0.25) is 0 Å². The van der Waals surface area contributed by atoms with Crippen LogP contribution in [-0.2, 0) is 23.9 Å². The smallest absolute Gasteiger partial charge is 0.318 e. The van der Waals surface area contributed by atoms with Gasteiger partial charge < -0.3 is 14.4 Å². The molecule has 1 aromatic carbocycles. The molecule has 166 valence electrons. The number of esters is 1. The van der Waals surface area contributed by atoms with Crippen molar-refractivity contribution in [2.45, 2.75) is 32.6 Å². The number of carbonyl (C=O) groups excluding carboxylic acids is 3. The standard InChI is InChI=1S/C23H29N3O5/c1-2-31-22(29)23-11-7-6-10-19(23)26(24-17-8-4-3-5-9-17)21(28)18(23)16-20(27)25-12-14-30-15-13-25/h3-5,8-10,18,24H,2,6-7,11-16H2,1H3/t18-,23?/m1/s1. The molecule has 1 unspecified atom stereocenters. The Kier molecular flexibility index (Phi) is 6.27. The first-order chi connectivity index (χ1) is 15.1. The Hall–Kier alpha value is -2.87. The third-order valence-electron chi connectivity index (χ3n) is 6.32. The van der Waals surface area contributed by atoms with E-state index in [1.807, 2.05) is 36.4 Å². The van der Waals surface area contributed by atoms with Gasteiger partial charge in [0.15, 0.2) is 0 Å². The van der Waals surface area contributed by atoms with Gasteiger partial charge in [0.1, 0.15) is 5.41 Å². The summed E-state index contributed by atoms with van der Waals surface area (Å²) in [5.41, 5.74) is 3.35. The van der Waals surface area contributed by atoms with Gasteiger partial charge in [-0.2, -0.15) is 0 Å². The molecule has 0 radical (unpaired) electrons. The summed E-state index contributed by atoms with van der Waals surface area (Å²) >= 11 is 0. The summed E-state index contributed by atoms with van der Waals surface area (Å²) in [6.45, 7) is 3.95. The van der Waals surface area contributed by atoms with E-state index in [-0.39, 0.29) is 24.8 Å². The zero-order chi connectivity index (χ0) is 21.8. The monoisotopic (exact) mass is 427 g/mol. The zero-order valence-electron chi connectivity index (χ0n) is 17.8. The Morgan fingerprint density at radius 1 is 1.23 bits per heavy atom. The number of carbonyl (C=O) groups is 3. The molecule has 2 saturated heterocycles. The summed E-state index contributed by atoms with van der Waals surface area (Å²) in [5, 5.41) is 1.46. The van der Waals surface area contributed by atoms with Crippen LogP contribution < -0.4 is 5.43 Å². The summed E-state index contributed by atoms with van der Waals surface area (Å²) in [6.07, 6.45) is 3.92. The van der Waals surface area contributed by atoms with E-state index in [9.17, 15) is 14.4 Å². The normalized spacial score (nSPS) is 25.6. The van der Waals surface area contributed by atoms with Crippen LogP contribution in [0.3, 0.4) is 0 Å². The number of nitrogens with zero attached hydrogens (tertiary/aromatic N) is 2.